The van der Waals surface area contributed by atoms with Crippen molar-refractivity contribution in [3.8, 4) is 5.69 Å². The van der Waals surface area contributed by atoms with Gasteiger partial charge in [-0.05, 0) is 32.1 Å². The van der Waals surface area contributed by atoms with Gasteiger partial charge in [0.1, 0.15) is 0 Å². The highest BCUT2D eigenvalue weighted by Crippen LogP contribution is 2.13. The molecule has 0 spiro atoms. The summed E-state index contributed by atoms with van der Waals surface area (Å²) in [6.45, 7) is 9.67. The maximum absolute atomic E-state index is 12.3. The maximum atomic E-state index is 12.3. The number of para-hydroxylation sites is 1. The minimum Gasteiger partial charge on any atom is -0.351 e. The molecule has 5 nitrogen and oxygen atoms in total. The molecule has 0 aliphatic rings. The van der Waals surface area contributed by atoms with Crippen molar-refractivity contribution in [2.45, 2.75) is 20.8 Å². The molecule has 1 amide bonds. The number of aromatic nitrogens is 2. The van der Waals surface area contributed by atoms with Gasteiger partial charge in [-0.3, -0.25) is 4.79 Å². The molecule has 0 aliphatic heterocycles. The second-order valence-electron chi connectivity index (χ2n) is 5.17. The fourth-order valence-corrected chi connectivity index (χ4v) is 2.42. The molecular weight excluding hydrogens is 276 g/mol. The Morgan fingerprint density at radius 3 is 2.55 bits per heavy atom. The molecule has 0 fully saturated rings. The largest absolute Gasteiger partial charge is 0.351 e. The lowest BCUT2D eigenvalue weighted by Crippen LogP contribution is -2.34. The summed E-state index contributed by atoms with van der Waals surface area (Å²) < 4.78 is 1.79. The average Bonchev–Trinajstić information content (AvgIpc) is 2.94. The minimum atomic E-state index is -0.0631. The van der Waals surface area contributed by atoms with Crippen molar-refractivity contribution in [1.29, 1.82) is 0 Å². The molecule has 5 heteroatoms. The first kappa shape index (κ1) is 16.2. The van der Waals surface area contributed by atoms with Gasteiger partial charge < -0.3 is 10.2 Å². The van der Waals surface area contributed by atoms with E-state index in [1.165, 1.54) is 0 Å². The average molecular weight is 300 g/mol. The van der Waals surface area contributed by atoms with E-state index in [0.717, 1.165) is 31.0 Å². The minimum absolute atomic E-state index is 0.0631. The summed E-state index contributed by atoms with van der Waals surface area (Å²) in [5.74, 6) is -0.0631. The highest BCUT2D eigenvalue weighted by atomic mass is 16.1. The number of carbonyl (C=O) groups excluding carboxylic acids is 1. The summed E-state index contributed by atoms with van der Waals surface area (Å²) in [7, 11) is 0. The number of benzene rings is 1. The summed E-state index contributed by atoms with van der Waals surface area (Å²) in [6, 6.07) is 9.83. The van der Waals surface area contributed by atoms with Crippen molar-refractivity contribution in [2.24, 2.45) is 0 Å². The molecule has 0 saturated carbocycles. The Labute approximate surface area is 131 Å². The van der Waals surface area contributed by atoms with Gasteiger partial charge in [-0.1, -0.05) is 32.0 Å². The zero-order valence-corrected chi connectivity index (χ0v) is 13.5. The molecular formula is C17H24N4O. The van der Waals surface area contributed by atoms with E-state index in [2.05, 4.69) is 29.2 Å². The maximum Gasteiger partial charge on any atom is 0.254 e. The van der Waals surface area contributed by atoms with Gasteiger partial charge >= 0.3 is 0 Å². The van der Waals surface area contributed by atoms with Crippen LogP contribution >= 0.6 is 0 Å². The molecule has 0 atom stereocenters. The van der Waals surface area contributed by atoms with Gasteiger partial charge in [0.15, 0.2) is 0 Å². The predicted molar refractivity (Wildman–Crippen MR) is 88.4 cm³/mol. The summed E-state index contributed by atoms with van der Waals surface area (Å²) in [5, 5.41) is 7.30. The molecule has 1 aromatic heterocycles. The van der Waals surface area contributed by atoms with E-state index < -0.39 is 0 Å². The number of amides is 1. The standard InChI is InChI=1S/C17H24N4O/c1-4-20(5-2)12-11-18-17(22)16-13-19-21(14(16)3)15-9-7-6-8-10-15/h6-10,13H,4-5,11-12H2,1-3H3,(H,18,22). The summed E-state index contributed by atoms with van der Waals surface area (Å²) in [5.41, 5.74) is 2.44. The second-order valence-corrected chi connectivity index (χ2v) is 5.17. The number of nitrogens with one attached hydrogen (secondary N) is 1. The van der Waals surface area contributed by atoms with Crippen LogP contribution in [0.15, 0.2) is 36.5 Å². The third-order valence-corrected chi connectivity index (χ3v) is 3.86. The first-order valence-electron chi connectivity index (χ1n) is 7.78. The van der Waals surface area contributed by atoms with Crippen LogP contribution in [0.3, 0.4) is 0 Å². The van der Waals surface area contributed by atoms with Crippen LogP contribution in [0.25, 0.3) is 5.69 Å². The third-order valence-electron chi connectivity index (χ3n) is 3.86. The van der Waals surface area contributed by atoms with Crippen LogP contribution in [0.2, 0.25) is 0 Å². The highest BCUT2D eigenvalue weighted by molar-refractivity contribution is 5.95. The molecule has 2 aromatic rings. The molecule has 1 aromatic carbocycles. The van der Waals surface area contributed by atoms with Gasteiger partial charge in [0.05, 0.1) is 23.1 Å². The zero-order valence-electron chi connectivity index (χ0n) is 13.5. The molecule has 0 saturated heterocycles. The second kappa shape index (κ2) is 7.75. The van der Waals surface area contributed by atoms with Gasteiger partial charge in [-0.15, -0.1) is 0 Å². The van der Waals surface area contributed by atoms with Gasteiger partial charge in [0.25, 0.3) is 5.91 Å². The molecule has 0 unspecified atom stereocenters. The lowest BCUT2D eigenvalue weighted by atomic mass is 10.2. The van der Waals surface area contributed by atoms with Crippen molar-refractivity contribution in [3.05, 3.63) is 47.8 Å². The van der Waals surface area contributed by atoms with E-state index in [0.29, 0.717) is 12.1 Å². The molecule has 22 heavy (non-hydrogen) atoms. The Morgan fingerprint density at radius 1 is 1.23 bits per heavy atom. The molecule has 0 aliphatic carbocycles. The third kappa shape index (κ3) is 3.74. The number of rotatable bonds is 7. The van der Waals surface area contributed by atoms with Crippen molar-refractivity contribution in [1.82, 2.24) is 20.0 Å². The Hall–Kier alpha value is -2.14. The van der Waals surface area contributed by atoms with E-state index >= 15 is 0 Å². The lowest BCUT2D eigenvalue weighted by Gasteiger charge is -2.17. The quantitative estimate of drug-likeness (QED) is 0.853. The Bertz CT molecular complexity index is 602. The van der Waals surface area contributed by atoms with Crippen LogP contribution in [0.4, 0.5) is 0 Å². The Kier molecular flexibility index (Phi) is 5.72. The van der Waals surface area contributed by atoms with Crippen LogP contribution in [-0.4, -0.2) is 46.8 Å². The Balaban J connectivity index is 2.01. The van der Waals surface area contributed by atoms with E-state index in [1.807, 2.05) is 37.3 Å². The molecule has 118 valence electrons. The summed E-state index contributed by atoms with van der Waals surface area (Å²) in [6.07, 6.45) is 1.63. The normalized spacial score (nSPS) is 10.9. The summed E-state index contributed by atoms with van der Waals surface area (Å²) in [4.78, 5) is 14.6. The van der Waals surface area contributed by atoms with E-state index in [-0.39, 0.29) is 5.91 Å². The predicted octanol–water partition coefficient (Wildman–Crippen LogP) is 2.25. The van der Waals surface area contributed by atoms with Crippen molar-refractivity contribution < 1.29 is 4.79 Å². The number of hydrogen-bond acceptors (Lipinski definition) is 3. The highest BCUT2D eigenvalue weighted by Gasteiger charge is 2.14. The van der Waals surface area contributed by atoms with Crippen molar-refractivity contribution in [2.75, 3.05) is 26.2 Å². The van der Waals surface area contributed by atoms with Crippen molar-refractivity contribution in [3.63, 3.8) is 0 Å². The first-order valence-corrected chi connectivity index (χ1v) is 7.78. The van der Waals surface area contributed by atoms with Crippen LogP contribution < -0.4 is 5.32 Å². The van der Waals surface area contributed by atoms with Crippen molar-refractivity contribution >= 4 is 5.91 Å². The van der Waals surface area contributed by atoms with Crippen LogP contribution in [0.5, 0.6) is 0 Å². The van der Waals surface area contributed by atoms with Gasteiger partial charge in [0.2, 0.25) is 0 Å². The first-order chi connectivity index (χ1) is 10.7. The Morgan fingerprint density at radius 2 is 1.91 bits per heavy atom. The van der Waals surface area contributed by atoms with Gasteiger partial charge in [-0.25, -0.2) is 4.68 Å². The number of carbonyl (C=O) groups is 1. The SMILES string of the molecule is CCN(CC)CCNC(=O)c1cnn(-c2ccccc2)c1C. The topological polar surface area (TPSA) is 50.2 Å². The molecule has 1 N–H and O–H groups in total. The van der Waals surface area contributed by atoms with E-state index in [9.17, 15) is 4.79 Å². The van der Waals surface area contributed by atoms with E-state index in [4.69, 9.17) is 0 Å². The fraction of sp³-hybridized carbons (Fsp3) is 0.412. The molecule has 2 rings (SSSR count). The van der Waals surface area contributed by atoms with Crippen LogP contribution in [0, 0.1) is 6.92 Å². The number of likely N-dealkylation sites (N-methyl/N-ethyl adjacent to an activating group) is 1. The molecule has 0 radical (unpaired) electrons. The molecule has 1 heterocycles. The number of nitrogens with zero attached hydrogens (tertiary/aromatic N) is 3. The van der Waals surface area contributed by atoms with E-state index in [1.54, 1.807) is 10.9 Å². The monoisotopic (exact) mass is 300 g/mol. The van der Waals surface area contributed by atoms with Crippen LogP contribution in [-0.2, 0) is 0 Å². The van der Waals surface area contributed by atoms with Gasteiger partial charge in [0, 0.05) is 13.1 Å². The van der Waals surface area contributed by atoms with Gasteiger partial charge in [-0.2, -0.15) is 5.10 Å². The smallest absolute Gasteiger partial charge is 0.254 e. The number of hydrogen-bond donors (Lipinski definition) is 1. The summed E-state index contributed by atoms with van der Waals surface area (Å²) >= 11 is 0. The fourth-order valence-electron chi connectivity index (χ4n) is 2.42. The molecule has 0 bridgehead atoms. The van der Waals surface area contributed by atoms with Crippen LogP contribution in [0.1, 0.15) is 29.9 Å². The zero-order chi connectivity index (χ0) is 15.9. The lowest BCUT2D eigenvalue weighted by molar-refractivity contribution is 0.0948.